The average molecular weight is 337 g/mol. The van der Waals surface area contributed by atoms with Crippen LogP contribution in [0.15, 0.2) is 16.3 Å². The van der Waals surface area contributed by atoms with Crippen molar-refractivity contribution in [1.29, 1.82) is 0 Å². The van der Waals surface area contributed by atoms with E-state index < -0.39 is 10.0 Å². The molecule has 114 valence electrons. The third-order valence-electron chi connectivity index (χ3n) is 3.08. The zero-order chi connectivity index (χ0) is 14.4. The third-order valence-corrected chi connectivity index (χ3v) is 7.12. The number of rotatable bonds is 7. The molecule has 0 spiro atoms. The Hall–Kier alpha value is -0.120. The topological polar surface area (TPSA) is 69.6 Å². The number of thioether (sulfide) groups is 1. The lowest BCUT2D eigenvalue weighted by Crippen LogP contribution is -2.39. The summed E-state index contributed by atoms with van der Waals surface area (Å²) < 4.78 is 27.2. The molecule has 0 atom stereocenters. The Kier molecular flexibility index (Phi) is 6.31. The SMILES string of the molecule is O=S(=O)(NCCN1CCSCC1)c1ccc(CCO)s1. The van der Waals surface area contributed by atoms with E-state index in [4.69, 9.17) is 5.11 Å². The van der Waals surface area contributed by atoms with Crippen LogP contribution in [-0.4, -0.2) is 62.7 Å². The van der Waals surface area contributed by atoms with Gasteiger partial charge in [-0.2, -0.15) is 11.8 Å². The van der Waals surface area contributed by atoms with Crippen LogP contribution in [0.4, 0.5) is 0 Å². The molecule has 0 bridgehead atoms. The van der Waals surface area contributed by atoms with Gasteiger partial charge in [-0.25, -0.2) is 13.1 Å². The maximum Gasteiger partial charge on any atom is 0.250 e. The van der Waals surface area contributed by atoms with Crippen molar-refractivity contribution in [3.05, 3.63) is 17.0 Å². The summed E-state index contributed by atoms with van der Waals surface area (Å²) in [5.41, 5.74) is 0. The maximum absolute atomic E-state index is 12.1. The summed E-state index contributed by atoms with van der Waals surface area (Å²) in [5, 5.41) is 8.85. The molecule has 1 aliphatic rings. The van der Waals surface area contributed by atoms with Crippen molar-refractivity contribution in [3.63, 3.8) is 0 Å². The molecule has 1 aromatic rings. The summed E-state index contributed by atoms with van der Waals surface area (Å²) in [6.45, 7) is 3.31. The maximum atomic E-state index is 12.1. The van der Waals surface area contributed by atoms with E-state index in [2.05, 4.69) is 9.62 Å². The minimum absolute atomic E-state index is 0.0421. The second kappa shape index (κ2) is 7.77. The molecule has 20 heavy (non-hydrogen) atoms. The minimum atomic E-state index is -3.40. The normalized spacial score (nSPS) is 17.4. The van der Waals surface area contributed by atoms with Gasteiger partial charge in [0.1, 0.15) is 4.21 Å². The van der Waals surface area contributed by atoms with E-state index in [-0.39, 0.29) is 6.61 Å². The van der Waals surface area contributed by atoms with E-state index in [9.17, 15) is 8.42 Å². The van der Waals surface area contributed by atoms with Crippen molar-refractivity contribution in [3.8, 4) is 0 Å². The Morgan fingerprint density at radius 3 is 2.75 bits per heavy atom. The van der Waals surface area contributed by atoms with Gasteiger partial charge in [0.2, 0.25) is 10.0 Å². The molecule has 0 saturated carbocycles. The Bertz CT molecular complexity index is 510. The van der Waals surface area contributed by atoms with Crippen LogP contribution in [0.5, 0.6) is 0 Å². The van der Waals surface area contributed by atoms with Gasteiger partial charge < -0.3 is 10.0 Å². The highest BCUT2D eigenvalue weighted by atomic mass is 32.2. The van der Waals surface area contributed by atoms with Crippen molar-refractivity contribution < 1.29 is 13.5 Å². The molecule has 0 unspecified atom stereocenters. The van der Waals surface area contributed by atoms with Gasteiger partial charge in [-0.1, -0.05) is 0 Å². The molecule has 0 amide bonds. The number of nitrogens with one attached hydrogen (secondary N) is 1. The third kappa shape index (κ3) is 4.71. The van der Waals surface area contributed by atoms with Gasteiger partial charge in [0.15, 0.2) is 0 Å². The fourth-order valence-electron chi connectivity index (χ4n) is 1.98. The molecule has 5 nitrogen and oxygen atoms in total. The number of aliphatic hydroxyl groups excluding tert-OH is 1. The molecule has 2 heterocycles. The van der Waals surface area contributed by atoms with Crippen LogP contribution in [0.1, 0.15) is 4.88 Å². The summed E-state index contributed by atoms with van der Waals surface area (Å²) in [7, 11) is -3.40. The van der Waals surface area contributed by atoms with Crippen LogP contribution in [0.25, 0.3) is 0 Å². The summed E-state index contributed by atoms with van der Waals surface area (Å²) in [4.78, 5) is 3.17. The molecule has 1 aromatic heterocycles. The van der Waals surface area contributed by atoms with Gasteiger partial charge in [-0.15, -0.1) is 11.3 Å². The quantitative estimate of drug-likeness (QED) is 0.763. The first-order chi connectivity index (χ1) is 9.62. The Morgan fingerprint density at radius 2 is 2.05 bits per heavy atom. The zero-order valence-electron chi connectivity index (χ0n) is 11.2. The predicted octanol–water partition coefficient (Wildman–Crippen LogP) is 0.610. The van der Waals surface area contributed by atoms with E-state index in [1.165, 1.54) is 11.3 Å². The molecule has 1 fully saturated rings. The first kappa shape index (κ1) is 16.3. The van der Waals surface area contributed by atoms with Gasteiger partial charge >= 0.3 is 0 Å². The average Bonchev–Trinajstić information content (AvgIpc) is 2.90. The van der Waals surface area contributed by atoms with E-state index in [1.54, 1.807) is 12.1 Å². The minimum Gasteiger partial charge on any atom is -0.396 e. The Labute approximate surface area is 128 Å². The lowest BCUT2D eigenvalue weighted by atomic mass is 10.4. The van der Waals surface area contributed by atoms with Crippen LogP contribution in [-0.2, 0) is 16.4 Å². The number of hydrogen-bond donors (Lipinski definition) is 2. The molecule has 1 aliphatic heterocycles. The van der Waals surface area contributed by atoms with Crippen LogP contribution in [0, 0.1) is 0 Å². The molecule has 2 rings (SSSR count). The van der Waals surface area contributed by atoms with Gasteiger partial charge in [0.05, 0.1) is 0 Å². The van der Waals surface area contributed by atoms with Crippen molar-refractivity contribution >= 4 is 33.1 Å². The predicted molar refractivity (Wildman–Crippen MR) is 84.1 cm³/mol. The van der Waals surface area contributed by atoms with E-state index in [0.29, 0.717) is 17.2 Å². The monoisotopic (exact) mass is 336 g/mol. The standard InChI is InChI=1S/C12H20N2O3S3/c15-8-3-11-1-2-12(19-11)20(16,17)13-4-5-14-6-9-18-10-7-14/h1-2,13,15H,3-10H2. The van der Waals surface area contributed by atoms with Gasteiger partial charge in [-0.05, 0) is 12.1 Å². The number of sulfonamides is 1. The highest BCUT2D eigenvalue weighted by Gasteiger charge is 2.17. The van der Waals surface area contributed by atoms with Gasteiger partial charge in [0, 0.05) is 55.6 Å². The van der Waals surface area contributed by atoms with E-state index in [1.807, 2.05) is 11.8 Å². The Balaban J connectivity index is 1.83. The summed E-state index contributed by atoms with van der Waals surface area (Å²) in [6, 6.07) is 3.37. The molecular weight excluding hydrogens is 316 g/mol. The second-order valence-corrected chi connectivity index (χ2v) is 8.93. The van der Waals surface area contributed by atoms with Crippen LogP contribution in [0.2, 0.25) is 0 Å². The molecule has 0 aromatic carbocycles. The fourth-order valence-corrected chi connectivity index (χ4v) is 5.37. The largest absolute Gasteiger partial charge is 0.396 e. The first-order valence-electron chi connectivity index (χ1n) is 6.61. The smallest absolute Gasteiger partial charge is 0.250 e. The van der Waals surface area contributed by atoms with Crippen LogP contribution >= 0.6 is 23.1 Å². The first-order valence-corrected chi connectivity index (χ1v) is 10.1. The summed E-state index contributed by atoms with van der Waals surface area (Å²) >= 11 is 3.17. The number of nitrogens with zero attached hydrogens (tertiary/aromatic N) is 1. The molecule has 1 saturated heterocycles. The lowest BCUT2D eigenvalue weighted by molar-refractivity contribution is 0.300. The Morgan fingerprint density at radius 1 is 1.30 bits per heavy atom. The molecule has 2 N–H and O–H groups in total. The van der Waals surface area contributed by atoms with Crippen molar-refractivity contribution in [2.24, 2.45) is 0 Å². The van der Waals surface area contributed by atoms with Crippen LogP contribution < -0.4 is 4.72 Å². The van der Waals surface area contributed by atoms with Crippen molar-refractivity contribution in [2.75, 3.05) is 44.3 Å². The highest BCUT2D eigenvalue weighted by molar-refractivity contribution is 7.99. The van der Waals surface area contributed by atoms with Crippen LogP contribution in [0.3, 0.4) is 0 Å². The highest BCUT2D eigenvalue weighted by Crippen LogP contribution is 2.21. The van der Waals surface area contributed by atoms with Crippen molar-refractivity contribution in [1.82, 2.24) is 9.62 Å². The van der Waals surface area contributed by atoms with E-state index in [0.717, 1.165) is 36.0 Å². The molecular formula is C12H20N2O3S3. The summed E-state index contributed by atoms with van der Waals surface area (Å²) in [5.74, 6) is 2.25. The second-order valence-electron chi connectivity index (χ2n) is 4.55. The van der Waals surface area contributed by atoms with E-state index >= 15 is 0 Å². The van der Waals surface area contributed by atoms with Gasteiger partial charge in [0.25, 0.3) is 0 Å². The van der Waals surface area contributed by atoms with Crippen molar-refractivity contribution in [2.45, 2.75) is 10.6 Å². The number of aliphatic hydroxyl groups is 1. The molecule has 8 heteroatoms. The zero-order valence-corrected chi connectivity index (χ0v) is 13.7. The lowest BCUT2D eigenvalue weighted by Gasteiger charge is -2.25. The fraction of sp³-hybridized carbons (Fsp3) is 0.667. The van der Waals surface area contributed by atoms with Gasteiger partial charge in [-0.3, -0.25) is 0 Å². The molecule has 0 radical (unpaired) electrons. The summed E-state index contributed by atoms with van der Waals surface area (Å²) in [6.07, 6.45) is 0.506. The number of hydrogen-bond acceptors (Lipinski definition) is 6. The molecule has 0 aliphatic carbocycles. The number of thiophene rings is 1.